The summed E-state index contributed by atoms with van der Waals surface area (Å²) in [6.07, 6.45) is 5.69. The van der Waals surface area contributed by atoms with Gasteiger partial charge in [-0.25, -0.2) is 19.9 Å². The van der Waals surface area contributed by atoms with E-state index < -0.39 is 0 Å². The molecule has 0 bridgehead atoms. The molecule has 3 N–H and O–H groups in total. The Kier molecular flexibility index (Phi) is 7.64. The van der Waals surface area contributed by atoms with Gasteiger partial charge in [-0.05, 0) is 44.9 Å². The van der Waals surface area contributed by atoms with Gasteiger partial charge >= 0.3 is 0 Å². The van der Waals surface area contributed by atoms with E-state index in [0.29, 0.717) is 27.7 Å². The van der Waals surface area contributed by atoms with Crippen LogP contribution in [-0.2, 0) is 0 Å². The van der Waals surface area contributed by atoms with E-state index in [1.807, 2.05) is 19.9 Å². The van der Waals surface area contributed by atoms with Gasteiger partial charge in [-0.3, -0.25) is 0 Å². The van der Waals surface area contributed by atoms with Crippen LogP contribution in [0.2, 0.25) is 10.0 Å². The lowest BCUT2D eigenvalue weighted by atomic mass is 10.0. The van der Waals surface area contributed by atoms with Crippen LogP contribution >= 0.6 is 23.2 Å². The Morgan fingerprint density at radius 1 is 1.03 bits per heavy atom. The first-order chi connectivity index (χ1) is 17.9. The molecule has 1 aromatic carbocycles. The van der Waals surface area contributed by atoms with Gasteiger partial charge in [0, 0.05) is 61.4 Å². The maximum absolute atomic E-state index is 6.62. The van der Waals surface area contributed by atoms with Crippen LogP contribution in [0.5, 0.6) is 5.75 Å². The minimum absolute atomic E-state index is 0.465. The Morgan fingerprint density at radius 2 is 1.73 bits per heavy atom. The lowest BCUT2D eigenvalue weighted by Crippen LogP contribution is -2.44. The molecular formula is C26H30Cl2N8O. The van der Waals surface area contributed by atoms with E-state index >= 15 is 0 Å². The van der Waals surface area contributed by atoms with Gasteiger partial charge in [-0.15, -0.1) is 0 Å². The standard InChI is InChI=1S/C26H30Cl2N8O/c1-15-21(22-19(27)13-18(37-3)14-20(22)28)23-24(33-15)25(35-16(2)34-23)30-10-9-29-17-5-11-36(12-6-17)26-31-7-4-8-32-26/h4,7-8,13-14,17,29,33H,5-6,9-12H2,1-3H3,(H,30,34,35). The maximum atomic E-state index is 6.62. The second-order valence-corrected chi connectivity index (χ2v) is 9.94. The minimum Gasteiger partial charge on any atom is -0.497 e. The predicted molar refractivity (Wildman–Crippen MR) is 149 cm³/mol. The number of nitrogens with one attached hydrogen (secondary N) is 3. The average molecular weight is 541 g/mol. The van der Waals surface area contributed by atoms with Crippen molar-refractivity contribution in [1.29, 1.82) is 0 Å². The lowest BCUT2D eigenvalue weighted by Gasteiger charge is -2.32. The highest BCUT2D eigenvalue weighted by atomic mass is 35.5. The van der Waals surface area contributed by atoms with Crippen molar-refractivity contribution < 1.29 is 4.74 Å². The number of aryl methyl sites for hydroxylation is 2. The van der Waals surface area contributed by atoms with Gasteiger partial charge in [0.15, 0.2) is 5.82 Å². The Hall–Kier alpha value is -3.14. The number of aromatic nitrogens is 5. The summed E-state index contributed by atoms with van der Waals surface area (Å²) in [6, 6.07) is 5.83. The molecule has 0 aliphatic carbocycles. The topological polar surface area (TPSA) is 104 Å². The number of nitrogens with zero attached hydrogens (tertiary/aromatic N) is 5. The number of anilines is 2. The summed E-state index contributed by atoms with van der Waals surface area (Å²) in [5.74, 6) is 2.84. The molecule has 3 aromatic heterocycles. The number of ether oxygens (including phenoxy) is 1. The highest BCUT2D eigenvalue weighted by Crippen LogP contribution is 2.43. The van der Waals surface area contributed by atoms with Crippen molar-refractivity contribution in [2.45, 2.75) is 32.7 Å². The molecular weight excluding hydrogens is 511 g/mol. The number of hydrogen-bond acceptors (Lipinski definition) is 8. The molecule has 194 valence electrons. The third kappa shape index (κ3) is 5.44. The minimum atomic E-state index is 0.465. The van der Waals surface area contributed by atoms with Gasteiger partial charge in [0.2, 0.25) is 5.95 Å². The Balaban J connectivity index is 1.26. The molecule has 37 heavy (non-hydrogen) atoms. The molecule has 4 aromatic rings. The van der Waals surface area contributed by atoms with Gasteiger partial charge in [0.1, 0.15) is 22.6 Å². The summed E-state index contributed by atoms with van der Waals surface area (Å²) in [5, 5.41) is 8.16. The zero-order valence-electron chi connectivity index (χ0n) is 21.1. The van der Waals surface area contributed by atoms with Crippen molar-refractivity contribution in [2.24, 2.45) is 0 Å². The molecule has 0 saturated carbocycles. The van der Waals surface area contributed by atoms with Crippen LogP contribution < -0.4 is 20.3 Å². The Bertz CT molecular complexity index is 1360. The molecule has 0 unspecified atom stereocenters. The summed E-state index contributed by atoms with van der Waals surface area (Å²) in [7, 11) is 1.59. The number of piperidine rings is 1. The van der Waals surface area contributed by atoms with Crippen LogP contribution in [0.15, 0.2) is 30.6 Å². The van der Waals surface area contributed by atoms with Gasteiger partial charge in [-0.1, -0.05) is 23.2 Å². The first kappa shape index (κ1) is 25.5. The van der Waals surface area contributed by atoms with E-state index in [-0.39, 0.29) is 0 Å². The molecule has 0 atom stereocenters. The van der Waals surface area contributed by atoms with Crippen LogP contribution in [0.1, 0.15) is 24.4 Å². The fraction of sp³-hybridized carbons (Fsp3) is 0.385. The molecule has 0 radical (unpaired) electrons. The van der Waals surface area contributed by atoms with E-state index in [0.717, 1.165) is 78.6 Å². The zero-order valence-corrected chi connectivity index (χ0v) is 22.6. The van der Waals surface area contributed by atoms with Gasteiger partial charge in [-0.2, -0.15) is 0 Å². The third-order valence-electron chi connectivity index (χ3n) is 6.63. The van der Waals surface area contributed by atoms with E-state index in [2.05, 4.69) is 35.5 Å². The molecule has 0 spiro atoms. The fourth-order valence-corrected chi connectivity index (χ4v) is 5.49. The van der Waals surface area contributed by atoms with E-state index in [1.54, 1.807) is 31.6 Å². The highest BCUT2D eigenvalue weighted by molar-refractivity contribution is 6.40. The average Bonchev–Trinajstić information content (AvgIpc) is 3.22. The second kappa shape index (κ2) is 11.1. The van der Waals surface area contributed by atoms with Crippen LogP contribution in [0, 0.1) is 13.8 Å². The Labute approximate surface area is 226 Å². The largest absolute Gasteiger partial charge is 0.497 e. The molecule has 11 heteroatoms. The van der Waals surface area contributed by atoms with Crippen molar-refractivity contribution in [3.05, 3.63) is 52.2 Å². The van der Waals surface area contributed by atoms with Crippen molar-refractivity contribution in [3.8, 4) is 16.9 Å². The quantitative estimate of drug-likeness (QED) is 0.267. The summed E-state index contributed by atoms with van der Waals surface area (Å²) in [5.41, 5.74) is 4.13. The summed E-state index contributed by atoms with van der Waals surface area (Å²) < 4.78 is 5.30. The zero-order chi connectivity index (χ0) is 25.9. The van der Waals surface area contributed by atoms with Crippen LogP contribution in [0.4, 0.5) is 11.8 Å². The first-order valence-electron chi connectivity index (χ1n) is 12.3. The van der Waals surface area contributed by atoms with Crippen LogP contribution in [-0.4, -0.2) is 64.3 Å². The molecule has 5 rings (SSSR count). The van der Waals surface area contributed by atoms with Crippen LogP contribution in [0.3, 0.4) is 0 Å². The summed E-state index contributed by atoms with van der Waals surface area (Å²) in [4.78, 5) is 23.8. The van der Waals surface area contributed by atoms with Gasteiger partial charge in [0.25, 0.3) is 0 Å². The van der Waals surface area contributed by atoms with E-state index in [9.17, 15) is 0 Å². The summed E-state index contributed by atoms with van der Waals surface area (Å²) >= 11 is 13.2. The number of aromatic amines is 1. The highest BCUT2D eigenvalue weighted by Gasteiger charge is 2.22. The SMILES string of the molecule is COc1cc(Cl)c(-c2c(C)[nH]c3c(NCCNC4CCN(c5ncccn5)CC4)nc(C)nc23)c(Cl)c1. The number of methoxy groups -OCH3 is 1. The molecule has 1 aliphatic rings. The van der Waals surface area contributed by atoms with E-state index in [1.165, 1.54) is 0 Å². The summed E-state index contributed by atoms with van der Waals surface area (Å²) in [6.45, 7) is 7.31. The number of benzene rings is 1. The molecule has 4 heterocycles. The number of H-pyrrole nitrogens is 1. The molecule has 1 saturated heterocycles. The van der Waals surface area contributed by atoms with Crippen molar-refractivity contribution in [2.75, 3.05) is 43.5 Å². The first-order valence-corrected chi connectivity index (χ1v) is 13.1. The lowest BCUT2D eigenvalue weighted by molar-refractivity contribution is 0.415. The molecule has 1 fully saturated rings. The monoisotopic (exact) mass is 540 g/mol. The smallest absolute Gasteiger partial charge is 0.225 e. The number of hydrogen-bond donors (Lipinski definition) is 3. The molecule has 0 amide bonds. The van der Waals surface area contributed by atoms with Gasteiger partial charge < -0.3 is 25.3 Å². The third-order valence-corrected chi connectivity index (χ3v) is 7.22. The van der Waals surface area contributed by atoms with Crippen molar-refractivity contribution in [3.63, 3.8) is 0 Å². The van der Waals surface area contributed by atoms with E-state index in [4.69, 9.17) is 32.9 Å². The van der Waals surface area contributed by atoms with Crippen molar-refractivity contribution in [1.82, 2.24) is 30.2 Å². The fourth-order valence-electron chi connectivity index (χ4n) is 4.84. The predicted octanol–water partition coefficient (Wildman–Crippen LogP) is 5.02. The van der Waals surface area contributed by atoms with Crippen molar-refractivity contribution >= 4 is 46.0 Å². The number of halogens is 2. The number of rotatable bonds is 8. The Morgan fingerprint density at radius 3 is 2.41 bits per heavy atom. The molecule has 9 nitrogen and oxygen atoms in total. The van der Waals surface area contributed by atoms with Gasteiger partial charge in [0.05, 0.1) is 17.2 Å². The normalized spacial score (nSPS) is 14.4. The second-order valence-electron chi connectivity index (χ2n) is 9.13. The number of fused-ring (bicyclic) bond motifs is 1. The van der Waals surface area contributed by atoms with Crippen LogP contribution in [0.25, 0.3) is 22.2 Å². The molecule has 1 aliphatic heterocycles. The maximum Gasteiger partial charge on any atom is 0.225 e.